The van der Waals surface area contributed by atoms with E-state index in [1.165, 1.54) is 23.5 Å². The number of nitrogen functional groups attached to an aromatic ring is 1. The lowest BCUT2D eigenvalue weighted by atomic mass is 10.3. The van der Waals surface area contributed by atoms with Crippen LogP contribution in [0.5, 0.6) is 0 Å². The number of carbonyl (C=O) groups is 1. The zero-order valence-electron chi connectivity index (χ0n) is 9.46. The predicted molar refractivity (Wildman–Crippen MR) is 75.5 cm³/mol. The molecule has 0 fully saturated rings. The Hall–Kier alpha value is -1.40. The van der Waals surface area contributed by atoms with E-state index in [1.54, 1.807) is 12.1 Å². The van der Waals surface area contributed by atoms with Gasteiger partial charge in [-0.3, -0.25) is 4.79 Å². The van der Waals surface area contributed by atoms with Crippen LogP contribution in [-0.4, -0.2) is 5.91 Å². The molecule has 6 heteroatoms. The van der Waals surface area contributed by atoms with Crippen LogP contribution in [0, 0.1) is 12.7 Å². The van der Waals surface area contributed by atoms with Crippen LogP contribution in [0.2, 0.25) is 0 Å². The highest BCUT2D eigenvalue weighted by atomic mass is 79.9. The number of nitrogens with two attached hydrogens (primary N) is 1. The van der Waals surface area contributed by atoms with Crippen molar-refractivity contribution in [2.75, 3.05) is 11.1 Å². The van der Waals surface area contributed by atoms with Crippen LogP contribution >= 0.6 is 27.3 Å². The number of rotatable bonds is 2. The maximum atomic E-state index is 13.1. The number of anilines is 2. The molecule has 0 atom stereocenters. The van der Waals surface area contributed by atoms with Gasteiger partial charge in [-0.1, -0.05) is 0 Å². The monoisotopic (exact) mass is 328 g/mol. The lowest BCUT2D eigenvalue weighted by Crippen LogP contribution is -2.10. The molecule has 1 aromatic carbocycles. The molecule has 0 aliphatic rings. The Morgan fingerprint density at radius 2 is 2.17 bits per heavy atom. The number of halogens is 2. The molecule has 1 amide bonds. The topological polar surface area (TPSA) is 55.1 Å². The van der Waals surface area contributed by atoms with E-state index in [9.17, 15) is 9.18 Å². The van der Waals surface area contributed by atoms with E-state index in [0.717, 1.165) is 4.88 Å². The lowest BCUT2D eigenvalue weighted by molar-refractivity contribution is 0.103. The highest BCUT2D eigenvalue weighted by Gasteiger charge is 2.12. The molecular weight excluding hydrogens is 319 g/mol. The summed E-state index contributed by atoms with van der Waals surface area (Å²) in [4.78, 5) is 13.3. The molecule has 0 radical (unpaired) electrons. The van der Waals surface area contributed by atoms with Crippen molar-refractivity contribution in [3.05, 3.63) is 44.3 Å². The van der Waals surface area contributed by atoms with Gasteiger partial charge in [0.1, 0.15) is 5.82 Å². The number of hydrogen-bond donors (Lipinski definition) is 2. The first kappa shape index (κ1) is 13.0. The summed E-state index contributed by atoms with van der Waals surface area (Å²) in [6.07, 6.45) is 0. The Balaban J connectivity index is 2.23. The number of aryl methyl sites for hydroxylation is 1. The van der Waals surface area contributed by atoms with Crippen LogP contribution in [-0.2, 0) is 0 Å². The maximum absolute atomic E-state index is 13.1. The van der Waals surface area contributed by atoms with E-state index < -0.39 is 5.82 Å². The summed E-state index contributed by atoms with van der Waals surface area (Å²) in [5.41, 5.74) is 6.67. The van der Waals surface area contributed by atoms with Crippen LogP contribution in [0.15, 0.2) is 28.7 Å². The molecule has 3 nitrogen and oxygen atoms in total. The van der Waals surface area contributed by atoms with Crippen molar-refractivity contribution in [2.24, 2.45) is 0 Å². The number of thiophene rings is 1. The van der Waals surface area contributed by atoms with Crippen molar-refractivity contribution in [3.8, 4) is 0 Å². The van der Waals surface area contributed by atoms with Gasteiger partial charge in [-0.15, -0.1) is 11.3 Å². The minimum atomic E-state index is -0.407. The molecule has 1 aromatic heterocycles. The number of hydrogen-bond acceptors (Lipinski definition) is 3. The van der Waals surface area contributed by atoms with Gasteiger partial charge >= 0.3 is 0 Å². The smallest absolute Gasteiger partial charge is 0.265 e. The first-order chi connectivity index (χ1) is 8.47. The number of carbonyl (C=O) groups excluding carboxylic acids is 1. The molecule has 0 aliphatic carbocycles. The van der Waals surface area contributed by atoms with Gasteiger partial charge in [0.05, 0.1) is 10.6 Å². The van der Waals surface area contributed by atoms with Gasteiger partial charge in [0.2, 0.25) is 0 Å². The van der Waals surface area contributed by atoms with Gasteiger partial charge in [0.25, 0.3) is 5.91 Å². The standard InChI is InChI=1S/C12H10BrFN2OS/c1-6-9(15)5-11(18-6)12(17)16-10-4-7(14)2-3-8(10)13/h2-5H,15H2,1H3,(H,16,17). The van der Waals surface area contributed by atoms with Crippen LogP contribution in [0.1, 0.15) is 14.5 Å². The van der Waals surface area contributed by atoms with Crippen LogP contribution in [0.25, 0.3) is 0 Å². The minimum absolute atomic E-state index is 0.300. The third-order valence-electron chi connectivity index (χ3n) is 2.36. The van der Waals surface area contributed by atoms with E-state index in [1.807, 2.05) is 6.92 Å². The zero-order chi connectivity index (χ0) is 13.3. The predicted octanol–water partition coefficient (Wildman–Crippen LogP) is 3.79. The Kier molecular flexibility index (Phi) is 3.68. The second-order valence-corrected chi connectivity index (χ2v) is 5.81. The van der Waals surface area contributed by atoms with Gasteiger partial charge in [0.15, 0.2) is 0 Å². The number of nitrogens with one attached hydrogen (secondary N) is 1. The highest BCUT2D eigenvalue weighted by molar-refractivity contribution is 9.10. The normalized spacial score (nSPS) is 10.4. The molecule has 18 heavy (non-hydrogen) atoms. The van der Waals surface area contributed by atoms with Crippen molar-refractivity contribution in [2.45, 2.75) is 6.92 Å². The molecule has 0 bridgehead atoms. The SMILES string of the molecule is Cc1sc(C(=O)Nc2cc(F)ccc2Br)cc1N. The summed E-state index contributed by atoms with van der Waals surface area (Å²) in [7, 11) is 0. The van der Waals surface area contributed by atoms with Crippen LogP contribution in [0.3, 0.4) is 0 Å². The quantitative estimate of drug-likeness (QED) is 0.881. The zero-order valence-corrected chi connectivity index (χ0v) is 11.9. The highest BCUT2D eigenvalue weighted by Crippen LogP contribution is 2.27. The molecule has 0 aliphatic heterocycles. The van der Waals surface area contributed by atoms with Gasteiger partial charge in [-0.05, 0) is 47.1 Å². The molecule has 0 saturated heterocycles. The molecule has 94 valence electrons. The molecule has 0 saturated carbocycles. The molecule has 3 N–H and O–H groups in total. The Bertz CT molecular complexity index is 593. The van der Waals surface area contributed by atoms with E-state index in [4.69, 9.17) is 5.73 Å². The second kappa shape index (κ2) is 5.07. The van der Waals surface area contributed by atoms with E-state index in [-0.39, 0.29) is 5.91 Å². The first-order valence-corrected chi connectivity index (χ1v) is 6.70. The average Bonchev–Trinajstić information content (AvgIpc) is 2.64. The summed E-state index contributed by atoms with van der Waals surface area (Å²) in [5.74, 6) is -0.707. The lowest BCUT2D eigenvalue weighted by Gasteiger charge is -2.05. The van der Waals surface area contributed by atoms with Gasteiger partial charge < -0.3 is 11.1 Å². The first-order valence-electron chi connectivity index (χ1n) is 5.09. The van der Waals surface area contributed by atoms with E-state index in [0.29, 0.717) is 20.7 Å². The minimum Gasteiger partial charge on any atom is -0.398 e. The fourth-order valence-electron chi connectivity index (χ4n) is 1.39. The average molecular weight is 329 g/mol. The van der Waals surface area contributed by atoms with Crippen molar-refractivity contribution in [1.82, 2.24) is 0 Å². The van der Waals surface area contributed by atoms with Crippen LogP contribution < -0.4 is 11.1 Å². The molecular formula is C12H10BrFN2OS. The Labute approximate surface area is 116 Å². The largest absolute Gasteiger partial charge is 0.398 e. The summed E-state index contributed by atoms with van der Waals surface area (Å²) in [5, 5.41) is 2.64. The summed E-state index contributed by atoms with van der Waals surface area (Å²) in [6.45, 7) is 1.84. The second-order valence-electron chi connectivity index (χ2n) is 3.70. The molecule has 2 aromatic rings. The summed E-state index contributed by atoms with van der Waals surface area (Å²) < 4.78 is 13.7. The Morgan fingerprint density at radius 1 is 1.44 bits per heavy atom. The van der Waals surface area contributed by atoms with Gasteiger partial charge in [-0.25, -0.2) is 4.39 Å². The fourth-order valence-corrected chi connectivity index (χ4v) is 2.57. The molecule has 1 heterocycles. The third kappa shape index (κ3) is 2.70. The number of amides is 1. The van der Waals surface area contributed by atoms with Crippen LogP contribution in [0.4, 0.5) is 15.8 Å². The fraction of sp³-hybridized carbons (Fsp3) is 0.0833. The molecule has 0 spiro atoms. The molecule has 0 unspecified atom stereocenters. The van der Waals surface area contributed by atoms with Crippen molar-refractivity contribution in [3.63, 3.8) is 0 Å². The van der Waals surface area contributed by atoms with Gasteiger partial charge in [-0.2, -0.15) is 0 Å². The Morgan fingerprint density at radius 3 is 2.78 bits per heavy atom. The summed E-state index contributed by atoms with van der Waals surface area (Å²) >= 11 is 4.55. The van der Waals surface area contributed by atoms with Crippen molar-refractivity contribution < 1.29 is 9.18 Å². The third-order valence-corrected chi connectivity index (χ3v) is 4.11. The van der Waals surface area contributed by atoms with Crippen molar-refractivity contribution in [1.29, 1.82) is 0 Å². The molecule has 2 rings (SSSR count). The summed E-state index contributed by atoms with van der Waals surface area (Å²) in [6, 6.07) is 5.72. The number of benzene rings is 1. The van der Waals surface area contributed by atoms with E-state index >= 15 is 0 Å². The maximum Gasteiger partial charge on any atom is 0.265 e. The van der Waals surface area contributed by atoms with Gasteiger partial charge in [0, 0.05) is 15.0 Å². The van der Waals surface area contributed by atoms with E-state index in [2.05, 4.69) is 21.2 Å². The van der Waals surface area contributed by atoms with Crippen molar-refractivity contribution >= 4 is 44.5 Å².